The van der Waals surface area contributed by atoms with E-state index in [0.29, 0.717) is 11.3 Å². The summed E-state index contributed by atoms with van der Waals surface area (Å²) in [5, 5.41) is 11.3. The Morgan fingerprint density at radius 3 is 2.40 bits per heavy atom. The van der Waals surface area contributed by atoms with Crippen LogP contribution in [0.4, 0.5) is 0 Å². The Bertz CT molecular complexity index is 1170. The molecule has 0 aromatic heterocycles. The number of allylic oxidation sites excluding steroid dienone is 1. The van der Waals surface area contributed by atoms with Gasteiger partial charge in [-0.2, -0.15) is 0 Å². The summed E-state index contributed by atoms with van der Waals surface area (Å²) in [6.07, 6.45) is 4.83. The summed E-state index contributed by atoms with van der Waals surface area (Å²) in [6, 6.07) is 16.7. The van der Waals surface area contributed by atoms with Crippen LogP contribution in [-0.2, 0) is 4.79 Å². The van der Waals surface area contributed by atoms with Crippen LogP contribution in [0.5, 0.6) is 5.75 Å². The minimum absolute atomic E-state index is 0.224. The number of carbonyl (C=O) groups excluding carboxylic acids is 1. The molecule has 1 aliphatic rings. The number of hydrogen-bond acceptors (Lipinski definition) is 3. The van der Waals surface area contributed by atoms with Gasteiger partial charge in [0.1, 0.15) is 5.75 Å². The van der Waals surface area contributed by atoms with Gasteiger partial charge < -0.3 is 9.84 Å². The van der Waals surface area contributed by atoms with Crippen LogP contribution in [0.2, 0.25) is 0 Å². The van der Waals surface area contributed by atoms with E-state index in [9.17, 15) is 14.7 Å². The van der Waals surface area contributed by atoms with E-state index >= 15 is 0 Å². The first-order valence-corrected chi connectivity index (χ1v) is 10.2. The minimum atomic E-state index is -0.958. The van der Waals surface area contributed by atoms with Crippen molar-refractivity contribution < 1.29 is 19.4 Å². The molecule has 0 saturated heterocycles. The first-order chi connectivity index (χ1) is 14.5. The summed E-state index contributed by atoms with van der Waals surface area (Å²) in [7, 11) is 0. The van der Waals surface area contributed by atoms with E-state index in [2.05, 4.69) is 0 Å². The standard InChI is InChI=1S/C26H24O4/c1-16-7-3-10-19(15-16)26(29)30-23-14-5-9-18-8-4-13-22(24(18)23)20-11-6-12-21(17(20)2)25(27)28/h4-6,8-9,11-15,19H,3,7,10H2,1-2H3,(H,27,28). The van der Waals surface area contributed by atoms with Gasteiger partial charge in [-0.05, 0) is 67.3 Å². The number of aromatic carboxylic acids is 1. The van der Waals surface area contributed by atoms with Crippen molar-refractivity contribution in [2.75, 3.05) is 0 Å². The number of fused-ring (bicyclic) bond motifs is 1. The molecule has 0 spiro atoms. The number of carboxylic acid groups (broad SMARTS) is 1. The van der Waals surface area contributed by atoms with Crippen molar-refractivity contribution in [1.82, 2.24) is 0 Å². The van der Waals surface area contributed by atoms with Crippen molar-refractivity contribution in [1.29, 1.82) is 0 Å². The van der Waals surface area contributed by atoms with Gasteiger partial charge in [-0.15, -0.1) is 0 Å². The Balaban J connectivity index is 1.82. The Kier molecular flexibility index (Phi) is 5.40. The van der Waals surface area contributed by atoms with E-state index in [1.807, 2.05) is 56.3 Å². The number of carbonyl (C=O) groups is 2. The Labute approximate surface area is 175 Å². The maximum absolute atomic E-state index is 12.9. The van der Waals surface area contributed by atoms with Gasteiger partial charge in [-0.1, -0.05) is 54.1 Å². The molecule has 0 radical (unpaired) electrons. The maximum Gasteiger partial charge on any atom is 0.335 e. The van der Waals surface area contributed by atoms with E-state index < -0.39 is 5.97 Å². The van der Waals surface area contributed by atoms with E-state index in [-0.39, 0.29) is 17.5 Å². The summed E-state index contributed by atoms with van der Waals surface area (Å²) in [5.41, 5.74) is 3.85. The number of esters is 1. The highest BCUT2D eigenvalue weighted by atomic mass is 16.5. The van der Waals surface area contributed by atoms with Gasteiger partial charge in [-0.25, -0.2) is 4.79 Å². The molecule has 30 heavy (non-hydrogen) atoms. The third-order valence-electron chi connectivity index (χ3n) is 5.81. The summed E-state index contributed by atoms with van der Waals surface area (Å²) >= 11 is 0. The third kappa shape index (κ3) is 3.73. The summed E-state index contributed by atoms with van der Waals surface area (Å²) in [4.78, 5) is 24.5. The van der Waals surface area contributed by atoms with E-state index in [4.69, 9.17) is 4.74 Å². The molecule has 1 aliphatic carbocycles. The first-order valence-electron chi connectivity index (χ1n) is 10.2. The SMILES string of the molecule is CC1=CC(C(=O)Oc2cccc3cccc(-c4cccc(C(=O)O)c4C)c23)CCC1. The fourth-order valence-corrected chi connectivity index (χ4v) is 4.26. The highest BCUT2D eigenvalue weighted by molar-refractivity contribution is 6.03. The van der Waals surface area contributed by atoms with Crippen LogP contribution >= 0.6 is 0 Å². The number of rotatable bonds is 4. The average molecular weight is 400 g/mol. The van der Waals surface area contributed by atoms with Gasteiger partial charge in [0, 0.05) is 5.39 Å². The molecule has 1 N–H and O–H groups in total. The molecule has 0 amide bonds. The van der Waals surface area contributed by atoms with Crippen LogP contribution in [0, 0.1) is 12.8 Å². The number of benzene rings is 3. The van der Waals surface area contributed by atoms with E-state index in [1.165, 1.54) is 5.57 Å². The Morgan fingerprint density at radius 1 is 0.967 bits per heavy atom. The molecular formula is C26H24O4. The molecule has 152 valence electrons. The van der Waals surface area contributed by atoms with Crippen LogP contribution < -0.4 is 4.74 Å². The van der Waals surface area contributed by atoms with Gasteiger partial charge in [0.05, 0.1) is 11.5 Å². The molecular weight excluding hydrogens is 376 g/mol. The van der Waals surface area contributed by atoms with Gasteiger partial charge in [0.15, 0.2) is 0 Å². The molecule has 1 unspecified atom stereocenters. The van der Waals surface area contributed by atoms with Crippen molar-refractivity contribution in [2.45, 2.75) is 33.1 Å². The molecule has 0 aliphatic heterocycles. The molecule has 4 heteroatoms. The lowest BCUT2D eigenvalue weighted by molar-refractivity contribution is -0.137. The zero-order chi connectivity index (χ0) is 21.3. The molecule has 0 bridgehead atoms. The maximum atomic E-state index is 12.9. The first kappa shape index (κ1) is 19.9. The molecule has 0 fully saturated rings. The molecule has 4 nitrogen and oxygen atoms in total. The molecule has 1 atom stereocenters. The van der Waals surface area contributed by atoms with Crippen LogP contribution in [0.15, 0.2) is 66.2 Å². The molecule has 4 rings (SSSR count). The van der Waals surface area contributed by atoms with Gasteiger partial charge in [0.25, 0.3) is 0 Å². The van der Waals surface area contributed by atoms with Crippen molar-refractivity contribution >= 4 is 22.7 Å². The lowest BCUT2D eigenvalue weighted by Crippen LogP contribution is -2.21. The van der Waals surface area contributed by atoms with Crippen molar-refractivity contribution in [3.05, 3.63) is 77.4 Å². The molecule has 0 saturated carbocycles. The molecule has 3 aromatic rings. The lowest BCUT2D eigenvalue weighted by atomic mass is 9.91. The van der Waals surface area contributed by atoms with Crippen LogP contribution in [-0.4, -0.2) is 17.0 Å². The largest absolute Gasteiger partial charge is 0.478 e. The second-order valence-corrected chi connectivity index (χ2v) is 7.88. The number of hydrogen-bond donors (Lipinski definition) is 1. The predicted octanol–water partition coefficient (Wildman–Crippen LogP) is 6.17. The van der Waals surface area contributed by atoms with E-state index in [0.717, 1.165) is 41.2 Å². The monoisotopic (exact) mass is 400 g/mol. The molecule has 0 heterocycles. The van der Waals surface area contributed by atoms with Crippen molar-refractivity contribution in [2.24, 2.45) is 5.92 Å². The van der Waals surface area contributed by atoms with Crippen LogP contribution in [0.3, 0.4) is 0 Å². The molecule has 3 aromatic carbocycles. The Morgan fingerprint density at radius 2 is 1.67 bits per heavy atom. The second-order valence-electron chi connectivity index (χ2n) is 7.88. The zero-order valence-corrected chi connectivity index (χ0v) is 17.1. The normalized spacial score (nSPS) is 16.2. The predicted molar refractivity (Wildman–Crippen MR) is 118 cm³/mol. The van der Waals surface area contributed by atoms with Crippen molar-refractivity contribution in [3.8, 4) is 16.9 Å². The summed E-state index contributed by atoms with van der Waals surface area (Å²) in [5.74, 6) is -0.920. The summed E-state index contributed by atoms with van der Waals surface area (Å²) in [6.45, 7) is 3.86. The number of carboxylic acids is 1. The number of ether oxygens (including phenoxy) is 1. The second kappa shape index (κ2) is 8.15. The fourth-order valence-electron chi connectivity index (χ4n) is 4.26. The Hall–Kier alpha value is -3.40. The fraction of sp³-hybridized carbons (Fsp3) is 0.231. The van der Waals surface area contributed by atoms with E-state index in [1.54, 1.807) is 18.2 Å². The van der Waals surface area contributed by atoms with Gasteiger partial charge >= 0.3 is 11.9 Å². The average Bonchev–Trinajstić information content (AvgIpc) is 2.73. The third-order valence-corrected chi connectivity index (χ3v) is 5.81. The van der Waals surface area contributed by atoms with Crippen molar-refractivity contribution in [3.63, 3.8) is 0 Å². The van der Waals surface area contributed by atoms with Gasteiger partial charge in [0.2, 0.25) is 0 Å². The van der Waals surface area contributed by atoms with Crippen LogP contribution in [0.1, 0.15) is 42.1 Å². The quantitative estimate of drug-likeness (QED) is 0.323. The minimum Gasteiger partial charge on any atom is -0.478 e. The highest BCUT2D eigenvalue weighted by Gasteiger charge is 2.23. The van der Waals surface area contributed by atoms with Crippen LogP contribution in [0.25, 0.3) is 21.9 Å². The smallest absolute Gasteiger partial charge is 0.335 e. The lowest BCUT2D eigenvalue weighted by Gasteiger charge is -2.19. The zero-order valence-electron chi connectivity index (χ0n) is 17.1. The van der Waals surface area contributed by atoms with Gasteiger partial charge in [-0.3, -0.25) is 4.79 Å². The highest BCUT2D eigenvalue weighted by Crippen LogP contribution is 2.38. The topological polar surface area (TPSA) is 63.6 Å². The summed E-state index contributed by atoms with van der Waals surface area (Å²) < 4.78 is 5.90.